The summed E-state index contributed by atoms with van der Waals surface area (Å²) >= 11 is 0. The Bertz CT molecular complexity index is 324. The van der Waals surface area contributed by atoms with Crippen molar-refractivity contribution in [1.82, 2.24) is 10.3 Å². The highest BCUT2D eigenvalue weighted by molar-refractivity contribution is 5.12. The third-order valence-electron chi connectivity index (χ3n) is 2.01. The number of aromatic nitrogens is 1. The van der Waals surface area contributed by atoms with Gasteiger partial charge in [0.05, 0.1) is 13.7 Å². The van der Waals surface area contributed by atoms with Crippen molar-refractivity contribution >= 4 is 0 Å². The smallest absolute Gasteiger partial charge is 0.112 e. The van der Waals surface area contributed by atoms with Gasteiger partial charge in [-0.2, -0.15) is 0 Å². The van der Waals surface area contributed by atoms with Crippen molar-refractivity contribution in [1.29, 1.82) is 0 Å². The molecule has 2 heterocycles. The normalized spacial score (nSPS) is 29.8. The van der Waals surface area contributed by atoms with Crippen molar-refractivity contribution in [3.63, 3.8) is 0 Å². The van der Waals surface area contributed by atoms with E-state index in [0.29, 0.717) is 18.8 Å². The third kappa shape index (κ3) is 2.05. The van der Waals surface area contributed by atoms with Crippen LogP contribution in [-0.4, -0.2) is 24.7 Å². The van der Waals surface area contributed by atoms with Crippen LogP contribution in [0.3, 0.4) is 0 Å². The summed E-state index contributed by atoms with van der Waals surface area (Å²) in [6, 6.07) is 5.67. The van der Waals surface area contributed by atoms with Crippen molar-refractivity contribution < 1.29 is 6.11 Å². The molecule has 1 aliphatic rings. The molecule has 0 aliphatic carbocycles. The second-order valence-corrected chi connectivity index (χ2v) is 3.11. The van der Waals surface area contributed by atoms with Crippen LogP contribution in [0.5, 0.6) is 0 Å². The van der Waals surface area contributed by atoms with Crippen LogP contribution in [0.1, 0.15) is 18.8 Å². The Labute approximate surface area is 79.5 Å². The minimum Gasteiger partial charge on any atom is -0.369 e. The van der Waals surface area contributed by atoms with Gasteiger partial charge in [-0.3, -0.25) is 4.98 Å². The van der Waals surface area contributed by atoms with E-state index in [2.05, 4.69) is 10.3 Å². The van der Waals surface area contributed by atoms with Gasteiger partial charge in [0.2, 0.25) is 0 Å². The van der Waals surface area contributed by atoms with E-state index in [1.54, 1.807) is 0 Å². The first-order chi connectivity index (χ1) is 6.71. The lowest BCUT2D eigenvalue weighted by Gasteiger charge is -2.23. The molecule has 13 heavy (non-hydrogen) atoms. The summed E-state index contributed by atoms with van der Waals surface area (Å²) < 4.78 is 13.6. The molecular weight excluding hydrogens is 164 g/mol. The Morgan fingerprint density at radius 2 is 2.62 bits per heavy atom. The van der Waals surface area contributed by atoms with Crippen LogP contribution < -0.4 is 5.32 Å². The molecule has 1 N–H and O–H groups in total. The number of nitrogens with one attached hydrogen (secondary N) is 1. The average Bonchev–Trinajstić information content (AvgIpc) is 2.19. The Hall–Kier alpha value is -0.930. The Kier molecular flexibility index (Phi) is 2.21. The van der Waals surface area contributed by atoms with Crippen molar-refractivity contribution in [2.75, 3.05) is 19.7 Å². The summed E-state index contributed by atoms with van der Waals surface area (Å²) in [5, 5.41) is 3.14. The predicted octanol–water partition coefficient (Wildman–Crippen LogP) is 1.05. The molecule has 0 radical (unpaired) electrons. The first-order valence-electron chi connectivity index (χ1n) is 4.99. The van der Waals surface area contributed by atoms with E-state index in [-0.39, 0.29) is 0 Å². The van der Waals surface area contributed by atoms with E-state index in [1.165, 1.54) is 0 Å². The SMILES string of the molecule is [2H]C1(c2cccc(C)n2)CNCCO1. The van der Waals surface area contributed by atoms with Gasteiger partial charge in [-0.15, -0.1) is 0 Å². The standard InChI is InChI=1S/C10H14N2O/c1-8-3-2-4-9(12-8)10-7-11-5-6-13-10/h2-4,10-11H,5-7H2,1H3/i10D. The zero-order valence-electron chi connectivity index (χ0n) is 8.71. The predicted molar refractivity (Wildman–Crippen MR) is 50.5 cm³/mol. The maximum Gasteiger partial charge on any atom is 0.112 e. The molecule has 1 fully saturated rings. The van der Waals surface area contributed by atoms with Gasteiger partial charge in [0.25, 0.3) is 0 Å². The van der Waals surface area contributed by atoms with Crippen molar-refractivity contribution in [3.8, 4) is 0 Å². The molecule has 1 aliphatic heterocycles. The number of pyridine rings is 1. The minimum atomic E-state index is -1.01. The number of ether oxygens (including phenoxy) is 1. The fourth-order valence-corrected chi connectivity index (χ4v) is 1.36. The highest BCUT2D eigenvalue weighted by Crippen LogP contribution is 2.16. The first-order valence-corrected chi connectivity index (χ1v) is 4.49. The highest BCUT2D eigenvalue weighted by atomic mass is 16.5. The maximum atomic E-state index is 8.11. The van der Waals surface area contributed by atoms with Crippen molar-refractivity contribution in [2.45, 2.75) is 13.0 Å². The van der Waals surface area contributed by atoms with E-state index < -0.39 is 6.08 Å². The first kappa shape index (κ1) is 7.47. The summed E-state index contributed by atoms with van der Waals surface area (Å²) in [6.07, 6.45) is -1.01. The van der Waals surface area contributed by atoms with Crippen LogP contribution in [0.4, 0.5) is 0 Å². The quantitative estimate of drug-likeness (QED) is 0.699. The van der Waals surface area contributed by atoms with Crippen LogP contribution in [-0.2, 0) is 4.74 Å². The molecule has 0 amide bonds. The molecule has 1 saturated heterocycles. The van der Waals surface area contributed by atoms with E-state index in [4.69, 9.17) is 6.11 Å². The average molecular weight is 179 g/mol. The maximum absolute atomic E-state index is 8.11. The summed E-state index contributed by atoms with van der Waals surface area (Å²) in [5.74, 6) is 0. The molecule has 3 nitrogen and oxygen atoms in total. The molecule has 0 aromatic carbocycles. The molecule has 2 rings (SSSR count). The molecule has 1 atom stereocenters. The Morgan fingerprint density at radius 3 is 3.31 bits per heavy atom. The second kappa shape index (κ2) is 3.85. The summed E-state index contributed by atoms with van der Waals surface area (Å²) in [5.41, 5.74) is 1.60. The van der Waals surface area contributed by atoms with Crippen LogP contribution in [0.15, 0.2) is 18.2 Å². The number of hydrogen-bond donors (Lipinski definition) is 1. The number of nitrogens with zero attached hydrogens (tertiary/aromatic N) is 1. The molecule has 3 heteroatoms. The van der Waals surface area contributed by atoms with Gasteiger partial charge in [0.15, 0.2) is 0 Å². The van der Waals surface area contributed by atoms with Gasteiger partial charge in [-0.1, -0.05) is 6.07 Å². The molecule has 1 unspecified atom stereocenters. The van der Waals surface area contributed by atoms with Gasteiger partial charge in [0.1, 0.15) is 6.08 Å². The van der Waals surface area contributed by atoms with Crippen LogP contribution in [0.25, 0.3) is 0 Å². The van der Waals surface area contributed by atoms with Crippen LogP contribution in [0, 0.1) is 6.92 Å². The molecule has 0 spiro atoms. The molecule has 0 bridgehead atoms. The number of morpholine rings is 1. The fraction of sp³-hybridized carbons (Fsp3) is 0.500. The van der Waals surface area contributed by atoms with Crippen LogP contribution >= 0.6 is 0 Å². The Balaban J connectivity index is 2.28. The van der Waals surface area contributed by atoms with Gasteiger partial charge < -0.3 is 10.1 Å². The zero-order chi connectivity index (χ0) is 10.0. The Morgan fingerprint density at radius 1 is 1.69 bits per heavy atom. The summed E-state index contributed by atoms with van der Waals surface area (Å²) in [7, 11) is 0. The van der Waals surface area contributed by atoms with Gasteiger partial charge in [-0.25, -0.2) is 0 Å². The van der Waals surface area contributed by atoms with Gasteiger partial charge in [-0.05, 0) is 19.1 Å². The fourth-order valence-electron chi connectivity index (χ4n) is 1.36. The largest absolute Gasteiger partial charge is 0.369 e. The monoisotopic (exact) mass is 179 g/mol. The second-order valence-electron chi connectivity index (χ2n) is 3.11. The molecule has 70 valence electrons. The lowest BCUT2D eigenvalue weighted by atomic mass is 10.2. The molecule has 1 aromatic heterocycles. The lowest BCUT2D eigenvalue weighted by Crippen LogP contribution is -2.33. The van der Waals surface area contributed by atoms with Crippen molar-refractivity contribution in [2.24, 2.45) is 0 Å². The van der Waals surface area contributed by atoms with Gasteiger partial charge >= 0.3 is 0 Å². The number of hydrogen-bond acceptors (Lipinski definition) is 3. The van der Waals surface area contributed by atoms with E-state index in [0.717, 1.165) is 12.2 Å². The summed E-state index contributed by atoms with van der Waals surface area (Å²) in [4.78, 5) is 4.32. The van der Waals surface area contributed by atoms with Crippen molar-refractivity contribution in [3.05, 3.63) is 29.6 Å². The number of rotatable bonds is 1. The van der Waals surface area contributed by atoms with E-state index in [9.17, 15) is 0 Å². The zero-order valence-corrected chi connectivity index (χ0v) is 7.71. The third-order valence-corrected chi connectivity index (χ3v) is 2.01. The molecule has 0 saturated carbocycles. The van der Waals surface area contributed by atoms with Gasteiger partial charge in [0, 0.05) is 18.8 Å². The lowest BCUT2D eigenvalue weighted by molar-refractivity contribution is 0.0249. The topological polar surface area (TPSA) is 34.2 Å². The molecular formula is C10H14N2O. The molecule has 1 aromatic rings. The summed E-state index contributed by atoms with van der Waals surface area (Å²) in [6.45, 7) is 3.80. The van der Waals surface area contributed by atoms with E-state index in [1.807, 2.05) is 25.1 Å². The van der Waals surface area contributed by atoms with Crippen LogP contribution in [0.2, 0.25) is 0 Å². The number of aryl methyl sites for hydroxylation is 1. The highest BCUT2D eigenvalue weighted by Gasteiger charge is 2.16. The van der Waals surface area contributed by atoms with E-state index >= 15 is 0 Å². The minimum absolute atomic E-state index is 0.503.